The van der Waals surface area contributed by atoms with E-state index in [2.05, 4.69) is 23.0 Å². The van der Waals surface area contributed by atoms with Crippen molar-refractivity contribution in [3.8, 4) is 11.5 Å². The Bertz CT molecular complexity index is 1240. The van der Waals surface area contributed by atoms with Crippen LogP contribution < -0.4 is 26.6 Å². The standard InChI is InChI=1S/C24H30BN5O2/c1-3-19-21(4-2)28-22-7-6-18(32-26)14-20(22)24(19)27-17-5-8-23(31)16(13-17)15-29-9-11-30(25)12-10-29/h3-8,13-14,27,31H,9-12,15,25-26H2,1-2H3/b19-3+,21-4+. The molecule has 2 aromatic carbocycles. The van der Waals surface area contributed by atoms with Crippen molar-refractivity contribution in [1.82, 2.24) is 14.7 Å². The molecule has 0 saturated carbocycles. The van der Waals surface area contributed by atoms with Gasteiger partial charge in [0.2, 0.25) is 0 Å². The Hall–Kier alpha value is -3.07. The number of rotatable bonds is 5. The first-order valence-corrected chi connectivity index (χ1v) is 11.0. The number of pyridine rings is 1. The number of anilines is 2. The van der Waals surface area contributed by atoms with Crippen molar-refractivity contribution in [1.29, 1.82) is 0 Å². The number of phenols is 1. The fourth-order valence-electron chi connectivity index (χ4n) is 4.18. The molecular weight excluding hydrogens is 401 g/mol. The molecule has 0 aliphatic carbocycles. The van der Waals surface area contributed by atoms with Crippen molar-refractivity contribution in [2.24, 2.45) is 5.90 Å². The monoisotopic (exact) mass is 431 g/mol. The first kappa shape index (κ1) is 22.1. The lowest BCUT2D eigenvalue weighted by Gasteiger charge is -2.32. The number of aromatic nitrogens is 1. The molecule has 0 spiro atoms. The molecule has 1 aliphatic rings. The first-order chi connectivity index (χ1) is 15.5. The highest BCUT2D eigenvalue weighted by Crippen LogP contribution is 2.28. The van der Waals surface area contributed by atoms with Crippen molar-refractivity contribution in [3.05, 3.63) is 52.5 Å². The molecule has 0 amide bonds. The van der Waals surface area contributed by atoms with Crippen molar-refractivity contribution in [3.63, 3.8) is 0 Å². The van der Waals surface area contributed by atoms with E-state index in [1.807, 2.05) is 56.3 Å². The van der Waals surface area contributed by atoms with Crippen molar-refractivity contribution >= 4 is 42.4 Å². The number of phenolic OH excluding ortho intramolecular Hbond substituents is 1. The maximum absolute atomic E-state index is 10.5. The Balaban J connectivity index is 1.74. The van der Waals surface area contributed by atoms with Crippen LogP contribution in [0.4, 0.5) is 11.4 Å². The summed E-state index contributed by atoms with van der Waals surface area (Å²) in [4.78, 5) is 14.5. The van der Waals surface area contributed by atoms with Crippen LogP contribution >= 0.6 is 0 Å². The van der Waals surface area contributed by atoms with E-state index in [0.717, 1.165) is 71.1 Å². The number of nitrogens with two attached hydrogens (primary N) is 1. The fourth-order valence-corrected chi connectivity index (χ4v) is 4.18. The molecule has 0 bridgehead atoms. The van der Waals surface area contributed by atoms with E-state index < -0.39 is 0 Å². The normalized spacial score (nSPS) is 16.6. The van der Waals surface area contributed by atoms with Gasteiger partial charge in [0.15, 0.2) is 7.98 Å². The molecule has 2 heterocycles. The number of fused-ring (bicyclic) bond motifs is 1. The maximum Gasteiger partial charge on any atom is 0.185 e. The van der Waals surface area contributed by atoms with Crippen molar-refractivity contribution in [2.45, 2.75) is 20.4 Å². The van der Waals surface area contributed by atoms with Crippen LogP contribution in [-0.4, -0.2) is 54.0 Å². The van der Waals surface area contributed by atoms with Crippen molar-refractivity contribution < 1.29 is 9.94 Å². The molecule has 32 heavy (non-hydrogen) atoms. The third-order valence-electron chi connectivity index (χ3n) is 6.06. The van der Waals surface area contributed by atoms with E-state index in [9.17, 15) is 5.11 Å². The van der Waals surface area contributed by atoms with Crippen LogP contribution in [0.15, 0.2) is 36.4 Å². The summed E-state index contributed by atoms with van der Waals surface area (Å²) in [6.45, 7) is 8.78. The molecule has 0 radical (unpaired) electrons. The Morgan fingerprint density at radius 1 is 1.12 bits per heavy atom. The number of hydrogen-bond acceptors (Lipinski definition) is 7. The second kappa shape index (κ2) is 9.60. The van der Waals surface area contributed by atoms with E-state index in [1.165, 1.54) is 0 Å². The summed E-state index contributed by atoms with van der Waals surface area (Å²) >= 11 is 0. The second-order valence-electron chi connectivity index (χ2n) is 8.21. The van der Waals surface area contributed by atoms with Gasteiger partial charge >= 0.3 is 0 Å². The number of benzene rings is 2. The zero-order valence-corrected chi connectivity index (χ0v) is 18.9. The lowest BCUT2D eigenvalue weighted by atomic mass is 10.1. The Kier molecular flexibility index (Phi) is 6.65. The van der Waals surface area contributed by atoms with E-state index in [4.69, 9.17) is 15.7 Å². The average molecular weight is 431 g/mol. The smallest absolute Gasteiger partial charge is 0.185 e. The SMILES string of the molecule is BN1CCN(Cc2cc(Nc3c(=C/C)/c(=C\C)nc4ccc(ON)cc34)ccc2O)CC1. The Labute approximate surface area is 189 Å². The number of aromatic hydroxyl groups is 1. The molecular formula is C24H30BN5O2. The molecule has 1 aliphatic heterocycles. The van der Waals surface area contributed by atoms with Gasteiger partial charge in [-0.05, 0) is 63.3 Å². The lowest BCUT2D eigenvalue weighted by molar-refractivity contribution is 0.183. The van der Waals surface area contributed by atoms with Gasteiger partial charge in [0.1, 0.15) is 11.5 Å². The third-order valence-corrected chi connectivity index (χ3v) is 6.06. The van der Waals surface area contributed by atoms with Crippen LogP contribution in [0.1, 0.15) is 19.4 Å². The van der Waals surface area contributed by atoms with Gasteiger partial charge in [0, 0.05) is 41.5 Å². The molecule has 4 N–H and O–H groups in total. The molecule has 8 heteroatoms. The molecule has 0 unspecified atom stereocenters. The van der Waals surface area contributed by atoms with Crippen LogP contribution in [0.2, 0.25) is 0 Å². The zero-order valence-electron chi connectivity index (χ0n) is 18.9. The van der Waals surface area contributed by atoms with Crippen LogP contribution in [0, 0.1) is 0 Å². The van der Waals surface area contributed by atoms with Gasteiger partial charge < -0.3 is 20.1 Å². The van der Waals surface area contributed by atoms with Crippen LogP contribution in [0.25, 0.3) is 23.1 Å². The van der Waals surface area contributed by atoms with Gasteiger partial charge in [-0.2, -0.15) is 5.90 Å². The summed E-state index contributed by atoms with van der Waals surface area (Å²) in [5.41, 5.74) is 3.60. The molecule has 1 fully saturated rings. The summed E-state index contributed by atoms with van der Waals surface area (Å²) in [6, 6.07) is 11.3. The van der Waals surface area contributed by atoms with Crippen LogP contribution in [-0.2, 0) is 6.54 Å². The minimum Gasteiger partial charge on any atom is -0.508 e. The zero-order chi connectivity index (χ0) is 22.7. The van der Waals surface area contributed by atoms with Gasteiger partial charge in [-0.1, -0.05) is 12.2 Å². The minimum absolute atomic E-state index is 0.317. The molecule has 166 valence electrons. The largest absolute Gasteiger partial charge is 0.508 e. The van der Waals surface area contributed by atoms with Crippen molar-refractivity contribution in [2.75, 3.05) is 31.5 Å². The highest BCUT2D eigenvalue weighted by Gasteiger charge is 2.16. The second-order valence-corrected chi connectivity index (χ2v) is 8.21. The number of piperazine rings is 1. The van der Waals surface area contributed by atoms with E-state index in [0.29, 0.717) is 11.5 Å². The van der Waals surface area contributed by atoms with Gasteiger partial charge in [-0.15, -0.1) is 0 Å². The molecule has 0 atom stereocenters. The summed E-state index contributed by atoms with van der Waals surface area (Å²) in [5, 5.41) is 16.9. The summed E-state index contributed by atoms with van der Waals surface area (Å²) in [5.74, 6) is 6.30. The number of hydrogen-bond donors (Lipinski definition) is 3. The van der Waals surface area contributed by atoms with Gasteiger partial charge in [0.05, 0.1) is 16.6 Å². The highest BCUT2D eigenvalue weighted by molar-refractivity contribution is 6.04. The number of nitrogens with one attached hydrogen (secondary N) is 1. The Morgan fingerprint density at radius 3 is 2.59 bits per heavy atom. The van der Waals surface area contributed by atoms with E-state index >= 15 is 0 Å². The van der Waals surface area contributed by atoms with Gasteiger partial charge in [-0.25, -0.2) is 4.98 Å². The van der Waals surface area contributed by atoms with E-state index in [-0.39, 0.29) is 0 Å². The molecule has 3 aromatic rings. The number of nitrogens with zero attached hydrogens (tertiary/aromatic N) is 3. The van der Waals surface area contributed by atoms with Crippen LogP contribution in [0.3, 0.4) is 0 Å². The molecule has 1 aromatic heterocycles. The Morgan fingerprint density at radius 2 is 1.91 bits per heavy atom. The summed E-state index contributed by atoms with van der Waals surface area (Å²) in [7, 11) is 2.14. The minimum atomic E-state index is 0.317. The van der Waals surface area contributed by atoms with E-state index in [1.54, 1.807) is 6.07 Å². The predicted molar refractivity (Wildman–Crippen MR) is 133 cm³/mol. The third kappa shape index (κ3) is 4.57. The topological polar surface area (TPSA) is 86.9 Å². The quantitative estimate of drug-likeness (QED) is 0.318. The predicted octanol–water partition coefficient (Wildman–Crippen LogP) is 1.20. The fraction of sp³-hybridized carbons (Fsp3) is 0.292. The molecule has 4 rings (SSSR count). The lowest BCUT2D eigenvalue weighted by Crippen LogP contribution is -2.44. The molecule has 7 nitrogen and oxygen atoms in total. The highest BCUT2D eigenvalue weighted by atomic mass is 16.6. The van der Waals surface area contributed by atoms with Gasteiger partial charge in [0.25, 0.3) is 0 Å². The first-order valence-electron chi connectivity index (χ1n) is 11.0. The van der Waals surface area contributed by atoms with Gasteiger partial charge in [-0.3, -0.25) is 4.90 Å². The van der Waals surface area contributed by atoms with Crippen LogP contribution in [0.5, 0.6) is 11.5 Å². The average Bonchev–Trinajstić information content (AvgIpc) is 2.82. The summed E-state index contributed by atoms with van der Waals surface area (Å²) < 4.78 is 0. The molecule has 1 saturated heterocycles. The maximum atomic E-state index is 10.5. The summed E-state index contributed by atoms with van der Waals surface area (Å²) in [6.07, 6.45) is 4.05.